The van der Waals surface area contributed by atoms with E-state index in [2.05, 4.69) is 20.6 Å². The summed E-state index contributed by atoms with van der Waals surface area (Å²) in [5, 5.41) is 5.78. The van der Waals surface area contributed by atoms with Gasteiger partial charge in [0.1, 0.15) is 5.52 Å². The molecule has 5 nitrogen and oxygen atoms in total. The number of anilines is 1. The van der Waals surface area contributed by atoms with Gasteiger partial charge < -0.3 is 15.6 Å². The zero-order chi connectivity index (χ0) is 11.4. The van der Waals surface area contributed by atoms with Crippen molar-refractivity contribution < 1.29 is 4.79 Å². The highest BCUT2D eigenvalue weighted by Gasteiger charge is 2.06. The Hall–Kier alpha value is -1.30. The van der Waals surface area contributed by atoms with Crippen LogP contribution in [0.3, 0.4) is 0 Å². The number of benzene rings is 1. The number of hydrogen-bond donors (Lipinski definition) is 3. The Morgan fingerprint density at radius 2 is 2.17 bits per heavy atom. The molecule has 0 aliphatic rings. The molecule has 0 spiro atoms. The SMILES string of the molecule is CNCCC(=O)Nc1cccc2[nH]cnc12.Cl.Cl. The van der Waals surface area contributed by atoms with Gasteiger partial charge >= 0.3 is 0 Å². The van der Waals surface area contributed by atoms with Gasteiger partial charge in [0.2, 0.25) is 5.91 Å². The van der Waals surface area contributed by atoms with E-state index in [0.29, 0.717) is 13.0 Å². The molecule has 100 valence electrons. The topological polar surface area (TPSA) is 69.8 Å². The van der Waals surface area contributed by atoms with Gasteiger partial charge in [-0.25, -0.2) is 4.98 Å². The molecule has 0 radical (unpaired) electrons. The summed E-state index contributed by atoms with van der Waals surface area (Å²) in [5.41, 5.74) is 2.46. The van der Waals surface area contributed by atoms with Crippen molar-refractivity contribution in [3.63, 3.8) is 0 Å². The van der Waals surface area contributed by atoms with Gasteiger partial charge in [-0.15, -0.1) is 24.8 Å². The number of hydrogen-bond acceptors (Lipinski definition) is 3. The molecule has 1 heterocycles. The second kappa shape index (κ2) is 7.92. The minimum atomic E-state index is -0.00940. The molecule has 0 saturated heterocycles. The highest BCUT2D eigenvalue weighted by molar-refractivity contribution is 5.99. The van der Waals surface area contributed by atoms with Crippen LogP contribution in [0.5, 0.6) is 0 Å². The highest BCUT2D eigenvalue weighted by Crippen LogP contribution is 2.19. The molecule has 0 fully saturated rings. The van der Waals surface area contributed by atoms with Gasteiger partial charge in [-0.1, -0.05) is 6.07 Å². The van der Waals surface area contributed by atoms with Crippen LogP contribution in [0.1, 0.15) is 6.42 Å². The van der Waals surface area contributed by atoms with Crippen molar-refractivity contribution in [1.82, 2.24) is 15.3 Å². The standard InChI is InChI=1S/C11H14N4O.2ClH/c1-12-6-5-10(16)15-9-4-2-3-8-11(9)14-7-13-8;;/h2-4,7,12H,5-6H2,1H3,(H,13,14)(H,15,16);2*1H. The molecule has 1 aromatic carbocycles. The number of para-hydroxylation sites is 1. The van der Waals surface area contributed by atoms with E-state index in [0.717, 1.165) is 16.7 Å². The fourth-order valence-electron chi connectivity index (χ4n) is 1.52. The fourth-order valence-corrected chi connectivity index (χ4v) is 1.52. The van der Waals surface area contributed by atoms with Gasteiger partial charge in [-0.3, -0.25) is 4.79 Å². The van der Waals surface area contributed by atoms with E-state index in [4.69, 9.17) is 0 Å². The maximum absolute atomic E-state index is 11.5. The number of fused-ring (bicyclic) bond motifs is 1. The summed E-state index contributed by atoms with van der Waals surface area (Å²) in [5.74, 6) is -0.00940. The lowest BCUT2D eigenvalue weighted by atomic mass is 10.2. The quantitative estimate of drug-likeness (QED) is 0.806. The number of amides is 1. The third-order valence-corrected chi connectivity index (χ3v) is 2.33. The number of carbonyl (C=O) groups is 1. The summed E-state index contributed by atoms with van der Waals surface area (Å²) in [6.07, 6.45) is 2.07. The third kappa shape index (κ3) is 3.87. The van der Waals surface area contributed by atoms with Crippen molar-refractivity contribution in [3.05, 3.63) is 24.5 Å². The van der Waals surface area contributed by atoms with Crippen LogP contribution in [-0.4, -0.2) is 29.5 Å². The normalized spacial score (nSPS) is 9.39. The first-order chi connectivity index (χ1) is 7.81. The van der Waals surface area contributed by atoms with Gasteiger partial charge in [-0.2, -0.15) is 0 Å². The average Bonchev–Trinajstić information content (AvgIpc) is 2.75. The number of rotatable bonds is 4. The van der Waals surface area contributed by atoms with Crippen molar-refractivity contribution >= 4 is 47.4 Å². The van der Waals surface area contributed by atoms with Crippen molar-refractivity contribution in [2.75, 3.05) is 18.9 Å². The molecular weight excluding hydrogens is 275 g/mol. The lowest BCUT2D eigenvalue weighted by Crippen LogP contribution is -2.18. The molecular formula is C11H16Cl2N4O. The Morgan fingerprint density at radius 1 is 1.39 bits per heavy atom. The predicted molar refractivity (Wildman–Crippen MR) is 77.8 cm³/mol. The van der Waals surface area contributed by atoms with E-state index in [1.54, 1.807) is 6.33 Å². The number of aromatic nitrogens is 2. The molecule has 2 aromatic rings. The van der Waals surface area contributed by atoms with Crippen molar-refractivity contribution in [3.8, 4) is 0 Å². The predicted octanol–water partition coefficient (Wildman–Crippen LogP) is 1.95. The fraction of sp³-hybridized carbons (Fsp3) is 0.273. The van der Waals surface area contributed by atoms with Crippen LogP contribution in [0.4, 0.5) is 5.69 Å². The lowest BCUT2D eigenvalue weighted by Gasteiger charge is -2.05. The van der Waals surface area contributed by atoms with Crippen molar-refractivity contribution in [1.29, 1.82) is 0 Å². The first kappa shape index (κ1) is 16.7. The van der Waals surface area contributed by atoms with E-state index in [1.807, 2.05) is 25.2 Å². The molecule has 2 rings (SSSR count). The third-order valence-electron chi connectivity index (χ3n) is 2.33. The number of H-pyrrole nitrogens is 1. The van der Waals surface area contributed by atoms with Gasteiger partial charge in [0.15, 0.2) is 0 Å². The second-order valence-corrected chi connectivity index (χ2v) is 3.51. The Kier molecular flexibility index (Phi) is 7.35. The van der Waals surface area contributed by atoms with E-state index in [1.165, 1.54) is 0 Å². The molecule has 1 amide bonds. The summed E-state index contributed by atoms with van der Waals surface area (Å²) in [6.45, 7) is 0.669. The smallest absolute Gasteiger partial charge is 0.225 e. The molecule has 0 atom stereocenters. The Labute approximate surface area is 118 Å². The van der Waals surface area contributed by atoms with E-state index in [9.17, 15) is 4.79 Å². The lowest BCUT2D eigenvalue weighted by molar-refractivity contribution is -0.116. The number of nitrogens with zero attached hydrogens (tertiary/aromatic N) is 1. The van der Waals surface area contributed by atoms with E-state index < -0.39 is 0 Å². The number of nitrogens with one attached hydrogen (secondary N) is 3. The highest BCUT2D eigenvalue weighted by atomic mass is 35.5. The first-order valence-electron chi connectivity index (χ1n) is 5.18. The molecule has 3 N–H and O–H groups in total. The summed E-state index contributed by atoms with van der Waals surface area (Å²) in [4.78, 5) is 18.7. The van der Waals surface area contributed by atoms with E-state index in [-0.39, 0.29) is 30.7 Å². The summed E-state index contributed by atoms with van der Waals surface area (Å²) >= 11 is 0. The molecule has 0 saturated carbocycles. The maximum Gasteiger partial charge on any atom is 0.225 e. The molecule has 0 aliphatic heterocycles. The molecule has 0 bridgehead atoms. The molecule has 0 unspecified atom stereocenters. The molecule has 18 heavy (non-hydrogen) atoms. The Balaban J connectivity index is 0.00000144. The second-order valence-electron chi connectivity index (χ2n) is 3.51. The van der Waals surface area contributed by atoms with Crippen LogP contribution in [-0.2, 0) is 4.79 Å². The minimum Gasteiger partial charge on any atom is -0.345 e. The maximum atomic E-state index is 11.5. The summed E-state index contributed by atoms with van der Waals surface area (Å²) in [7, 11) is 1.82. The largest absolute Gasteiger partial charge is 0.345 e. The summed E-state index contributed by atoms with van der Waals surface area (Å²) < 4.78 is 0. The molecule has 7 heteroatoms. The van der Waals surface area contributed by atoms with Crippen molar-refractivity contribution in [2.24, 2.45) is 0 Å². The molecule has 1 aromatic heterocycles. The van der Waals surface area contributed by atoms with Crippen LogP contribution in [0, 0.1) is 0 Å². The van der Waals surface area contributed by atoms with Crippen LogP contribution >= 0.6 is 24.8 Å². The number of aromatic amines is 1. The zero-order valence-corrected chi connectivity index (χ0v) is 11.5. The zero-order valence-electron chi connectivity index (χ0n) is 9.90. The first-order valence-corrected chi connectivity index (χ1v) is 5.18. The number of carbonyl (C=O) groups excluding carboxylic acids is 1. The Morgan fingerprint density at radius 3 is 2.89 bits per heavy atom. The molecule has 0 aliphatic carbocycles. The van der Waals surface area contributed by atoms with Gasteiger partial charge in [-0.05, 0) is 19.2 Å². The van der Waals surface area contributed by atoms with Gasteiger partial charge in [0.25, 0.3) is 0 Å². The van der Waals surface area contributed by atoms with Crippen LogP contribution in [0.25, 0.3) is 11.0 Å². The number of halogens is 2. The number of imidazole rings is 1. The van der Waals surface area contributed by atoms with Crippen LogP contribution in [0.15, 0.2) is 24.5 Å². The monoisotopic (exact) mass is 290 g/mol. The minimum absolute atomic E-state index is 0. The van der Waals surface area contributed by atoms with Crippen LogP contribution in [0.2, 0.25) is 0 Å². The van der Waals surface area contributed by atoms with Gasteiger partial charge in [0.05, 0.1) is 17.5 Å². The van der Waals surface area contributed by atoms with Crippen molar-refractivity contribution in [2.45, 2.75) is 6.42 Å². The van der Waals surface area contributed by atoms with Crippen LogP contribution < -0.4 is 10.6 Å². The summed E-state index contributed by atoms with van der Waals surface area (Å²) in [6, 6.07) is 5.65. The van der Waals surface area contributed by atoms with Gasteiger partial charge in [0, 0.05) is 13.0 Å². The average molecular weight is 291 g/mol. The van der Waals surface area contributed by atoms with E-state index >= 15 is 0 Å². The Bertz CT molecular complexity index is 501.